The second-order valence-electron chi connectivity index (χ2n) is 8.67. The monoisotopic (exact) mass is 418 g/mol. The van der Waals surface area contributed by atoms with E-state index in [2.05, 4.69) is 16.8 Å². The normalized spacial score (nSPS) is 14.9. The molecule has 1 saturated carbocycles. The molecule has 1 aliphatic rings. The highest BCUT2D eigenvalue weighted by Gasteiger charge is 2.39. The molecule has 30 heavy (non-hydrogen) atoms. The molecule has 0 unspecified atom stereocenters. The molecule has 0 atom stereocenters. The largest absolute Gasteiger partial charge is 0.435 e. The smallest absolute Gasteiger partial charge is 0.297 e. The van der Waals surface area contributed by atoms with Gasteiger partial charge in [0.25, 0.3) is 0 Å². The fourth-order valence-corrected chi connectivity index (χ4v) is 4.51. The second kappa shape index (κ2) is 7.76. The van der Waals surface area contributed by atoms with Crippen molar-refractivity contribution in [2.75, 3.05) is 13.1 Å². The molecule has 4 rings (SSSR count). The molecule has 0 aliphatic heterocycles. The van der Waals surface area contributed by atoms with E-state index in [1.165, 1.54) is 12.8 Å². The van der Waals surface area contributed by atoms with Crippen molar-refractivity contribution >= 4 is 5.78 Å². The molecule has 0 saturated heterocycles. The van der Waals surface area contributed by atoms with Crippen LogP contribution in [0.25, 0.3) is 11.5 Å². The molecule has 0 amide bonds. The summed E-state index contributed by atoms with van der Waals surface area (Å²) in [5, 5.41) is 0. The van der Waals surface area contributed by atoms with E-state index in [0.717, 1.165) is 41.9 Å². The van der Waals surface area contributed by atoms with E-state index in [4.69, 9.17) is 0 Å². The number of nitrogens with zero attached hydrogens (tertiary/aromatic N) is 4. The van der Waals surface area contributed by atoms with Crippen LogP contribution in [0.3, 0.4) is 0 Å². The van der Waals surface area contributed by atoms with Gasteiger partial charge in [0, 0.05) is 25.5 Å². The predicted octanol–water partition coefficient (Wildman–Crippen LogP) is 5.69. The Bertz CT molecular complexity index is 1030. The first-order valence-electron chi connectivity index (χ1n) is 10.6. The van der Waals surface area contributed by atoms with Crippen molar-refractivity contribution in [1.29, 1.82) is 0 Å². The maximum Gasteiger partial charge on any atom is 0.435 e. The molecule has 0 spiro atoms. The number of benzene rings is 1. The number of alkyl halides is 3. The van der Waals surface area contributed by atoms with Crippen LogP contribution in [-0.4, -0.2) is 31.9 Å². The molecule has 7 heteroatoms. The van der Waals surface area contributed by atoms with E-state index < -0.39 is 11.9 Å². The standard InChI is InChI=1S/C23H29F3N4/c1-5-8-28(13-18-6-7-18)14-19-21(23(24,25)26)27-22-29(19)9-10-30(22)20-16(3)11-15(2)12-17(20)4/h9-12,18H,5-8,13-14H2,1-4H3. The SMILES string of the molecule is CCCN(Cc1c(C(F)(F)F)nc2n(-c3c(C)cc(C)cc3C)ccn12)CC1CC1. The molecular weight excluding hydrogens is 389 g/mol. The predicted molar refractivity (Wildman–Crippen MR) is 112 cm³/mol. The van der Waals surface area contributed by atoms with Gasteiger partial charge in [0.15, 0.2) is 5.69 Å². The lowest BCUT2D eigenvalue weighted by Crippen LogP contribution is -2.28. The first-order chi connectivity index (χ1) is 14.2. The maximum absolute atomic E-state index is 13.9. The molecule has 4 nitrogen and oxygen atoms in total. The van der Waals surface area contributed by atoms with Crippen molar-refractivity contribution in [3.8, 4) is 5.69 Å². The van der Waals surface area contributed by atoms with Gasteiger partial charge in [0.1, 0.15) is 0 Å². The lowest BCUT2D eigenvalue weighted by atomic mass is 10.1. The highest BCUT2D eigenvalue weighted by molar-refractivity contribution is 5.55. The number of rotatable bonds is 7. The van der Waals surface area contributed by atoms with Crippen LogP contribution in [0.4, 0.5) is 13.2 Å². The molecule has 0 bridgehead atoms. The minimum absolute atomic E-state index is 0.229. The number of imidazole rings is 2. The van der Waals surface area contributed by atoms with Crippen LogP contribution in [0, 0.1) is 26.7 Å². The van der Waals surface area contributed by atoms with Crippen molar-refractivity contribution in [2.24, 2.45) is 5.92 Å². The molecule has 1 fully saturated rings. The Morgan fingerprint density at radius 2 is 1.77 bits per heavy atom. The van der Waals surface area contributed by atoms with E-state index in [9.17, 15) is 13.2 Å². The summed E-state index contributed by atoms with van der Waals surface area (Å²) in [5.74, 6) is 0.937. The number of aromatic nitrogens is 3. The molecule has 0 N–H and O–H groups in total. The zero-order valence-electron chi connectivity index (χ0n) is 18.1. The minimum Gasteiger partial charge on any atom is -0.297 e. The van der Waals surface area contributed by atoms with Gasteiger partial charge in [0.2, 0.25) is 5.78 Å². The molecule has 162 valence electrons. The van der Waals surface area contributed by atoms with Crippen LogP contribution < -0.4 is 0 Å². The Kier molecular flexibility index (Phi) is 5.43. The maximum atomic E-state index is 13.9. The van der Waals surface area contributed by atoms with Gasteiger partial charge in [-0.15, -0.1) is 0 Å². The highest BCUT2D eigenvalue weighted by Crippen LogP contribution is 2.35. The van der Waals surface area contributed by atoms with Gasteiger partial charge in [-0.2, -0.15) is 13.2 Å². The molecular formula is C23H29F3N4. The Balaban J connectivity index is 1.82. The topological polar surface area (TPSA) is 25.5 Å². The third-order valence-electron chi connectivity index (χ3n) is 5.84. The van der Waals surface area contributed by atoms with Crippen LogP contribution in [0.15, 0.2) is 24.5 Å². The second-order valence-corrected chi connectivity index (χ2v) is 8.67. The number of hydrogen-bond donors (Lipinski definition) is 0. The van der Waals surface area contributed by atoms with Gasteiger partial charge in [-0.05, 0) is 63.6 Å². The van der Waals surface area contributed by atoms with Crippen molar-refractivity contribution in [1.82, 2.24) is 18.9 Å². The third-order valence-corrected chi connectivity index (χ3v) is 5.84. The lowest BCUT2D eigenvalue weighted by molar-refractivity contribution is -0.141. The summed E-state index contributed by atoms with van der Waals surface area (Å²) in [7, 11) is 0. The summed E-state index contributed by atoms with van der Waals surface area (Å²) in [6, 6.07) is 4.10. The van der Waals surface area contributed by atoms with E-state index in [-0.39, 0.29) is 12.2 Å². The highest BCUT2D eigenvalue weighted by atomic mass is 19.4. The minimum atomic E-state index is -4.49. The van der Waals surface area contributed by atoms with Crippen molar-refractivity contribution in [3.63, 3.8) is 0 Å². The summed E-state index contributed by atoms with van der Waals surface area (Å²) >= 11 is 0. The molecule has 2 heterocycles. The van der Waals surface area contributed by atoms with Crippen molar-refractivity contribution in [2.45, 2.75) is 59.7 Å². The van der Waals surface area contributed by atoms with E-state index in [1.807, 2.05) is 39.1 Å². The fourth-order valence-electron chi connectivity index (χ4n) is 4.51. The number of halogens is 3. The Morgan fingerprint density at radius 3 is 2.33 bits per heavy atom. The summed E-state index contributed by atoms with van der Waals surface area (Å²) in [6.07, 6.45) is 2.32. The fraction of sp³-hybridized carbons (Fsp3) is 0.522. The van der Waals surface area contributed by atoms with E-state index in [0.29, 0.717) is 11.7 Å². The van der Waals surface area contributed by atoms with Crippen molar-refractivity contribution < 1.29 is 13.2 Å². The van der Waals surface area contributed by atoms with E-state index in [1.54, 1.807) is 15.2 Å². The summed E-state index contributed by atoms with van der Waals surface area (Å²) in [5.41, 5.74) is 3.52. The summed E-state index contributed by atoms with van der Waals surface area (Å²) in [4.78, 5) is 6.26. The zero-order chi connectivity index (χ0) is 21.6. The van der Waals surface area contributed by atoms with Crippen LogP contribution in [0.2, 0.25) is 0 Å². The number of aryl methyl sites for hydroxylation is 3. The van der Waals surface area contributed by atoms with Gasteiger partial charge in [0.05, 0.1) is 11.4 Å². The van der Waals surface area contributed by atoms with Gasteiger partial charge in [-0.1, -0.05) is 24.6 Å². The Hall–Kier alpha value is -2.28. The Labute approximate surface area is 175 Å². The van der Waals surface area contributed by atoms with Gasteiger partial charge in [-0.3, -0.25) is 13.9 Å². The molecule has 1 aliphatic carbocycles. The van der Waals surface area contributed by atoms with Crippen LogP contribution in [0.5, 0.6) is 0 Å². The first-order valence-corrected chi connectivity index (χ1v) is 10.6. The molecule has 3 aromatic rings. The van der Waals surface area contributed by atoms with E-state index >= 15 is 0 Å². The molecule has 0 radical (unpaired) electrons. The molecule has 2 aromatic heterocycles. The first kappa shape index (κ1) is 21.0. The quantitative estimate of drug-likeness (QED) is 0.492. The third kappa shape index (κ3) is 4.00. The average Bonchev–Trinajstić information content (AvgIpc) is 3.23. The van der Waals surface area contributed by atoms with Crippen LogP contribution in [0.1, 0.15) is 54.3 Å². The van der Waals surface area contributed by atoms with Gasteiger partial charge >= 0.3 is 6.18 Å². The lowest BCUT2D eigenvalue weighted by Gasteiger charge is -2.22. The number of fused-ring (bicyclic) bond motifs is 1. The van der Waals surface area contributed by atoms with Gasteiger partial charge < -0.3 is 0 Å². The van der Waals surface area contributed by atoms with Crippen LogP contribution in [-0.2, 0) is 12.7 Å². The van der Waals surface area contributed by atoms with Crippen molar-refractivity contribution in [3.05, 3.63) is 52.6 Å². The van der Waals surface area contributed by atoms with Gasteiger partial charge in [-0.25, -0.2) is 4.98 Å². The average molecular weight is 419 g/mol. The zero-order valence-corrected chi connectivity index (χ0v) is 18.1. The summed E-state index contributed by atoms with van der Waals surface area (Å²) in [6.45, 7) is 9.96. The summed E-state index contributed by atoms with van der Waals surface area (Å²) < 4.78 is 45.2. The van der Waals surface area contributed by atoms with Crippen LogP contribution >= 0.6 is 0 Å². The Morgan fingerprint density at radius 1 is 1.10 bits per heavy atom. The number of hydrogen-bond acceptors (Lipinski definition) is 2. The molecule has 1 aromatic carbocycles.